The number of amides is 1. The Morgan fingerprint density at radius 3 is 2.06 bits per heavy atom. The molecule has 0 aromatic heterocycles. The van der Waals surface area contributed by atoms with Crippen molar-refractivity contribution in [2.45, 2.75) is 39.2 Å². The molecule has 35 heavy (non-hydrogen) atoms. The number of benzene rings is 3. The number of ketones is 1. The highest BCUT2D eigenvalue weighted by atomic mass is 19.1. The summed E-state index contributed by atoms with van der Waals surface area (Å²) in [6.07, 6.45) is 0.456. The van der Waals surface area contributed by atoms with Gasteiger partial charge >= 0.3 is 5.97 Å². The van der Waals surface area contributed by atoms with Crippen molar-refractivity contribution in [1.29, 1.82) is 0 Å². The third-order valence-electron chi connectivity index (χ3n) is 6.02. The van der Waals surface area contributed by atoms with E-state index in [1.54, 1.807) is 24.3 Å². The highest BCUT2D eigenvalue weighted by Gasteiger charge is 2.28. The van der Waals surface area contributed by atoms with E-state index in [2.05, 4.69) is 5.32 Å². The highest BCUT2D eigenvalue weighted by molar-refractivity contribution is 5.99. The van der Waals surface area contributed by atoms with E-state index < -0.39 is 17.8 Å². The number of nitrogens with one attached hydrogen (secondary N) is 1. The van der Waals surface area contributed by atoms with E-state index >= 15 is 0 Å². The average Bonchev–Trinajstić information content (AvgIpc) is 2.85. The van der Waals surface area contributed by atoms with E-state index in [-0.39, 0.29) is 36.4 Å². The van der Waals surface area contributed by atoms with E-state index in [0.29, 0.717) is 12.0 Å². The lowest BCUT2D eigenvalue weighted by atomic mass is 9.88. The van der Waals surface area contributed by atoms with Gasteiger partial charge in [-0.1, -0.05) is 73.7 Å². The lowest BCUT2D eigenvalue weighted by molar-refractivity contribution is -0.142. The highest BCUT2D eigenvalue weighted by Crippen LogP contribution is 2.23. The number of Topliss-reactive ketones (excluding diaryl/α,β-unsaturated/α-hetero) is 1. The maximum Gasteiger partial charge on any atom is 0.306 e. The molecule has 0 radical (unpaired) electrons. The molecular formula is C29H30FNO4. The van der Waals surface area contributed by atoms with E-state index in [9.17, 15) is 23.9 Å². The predicted octanol–water partition coefficient (Wildman–Crippen LogP) is 5.54. The van der Waals surface area contributed by atoms with Gasteiger partial charge in [0, 0.05) is 23.9 Å². The lowest BCUT2D eigenvalue weighted by Crippen LogP contribution is -2.40. The summed E-state index contributed by atoms with van der Waals surface area (Å²) in [6.45, 7) is 3.35. The third-order valence-corrected chi connectivity index (χ3v) is 6.02. The Kier molecular flexibility index (Phi) is 8.90. The quantitative estimate of drug-likeness (QED) is 0.357. The number of hydrogen-bond acceptors (Lipinski definition) is 3. The molecule has 3 aromatic rings. The van der Waals surface area contributed by atoms with Gasteiger partial charge in [-0.3, -0.25) is 14.4 Å². The number of carbonyl (C=O) groups excluding carboxylic acids is 2. The van der Waals surface area contributed by atoms with Gasteiger partial charge in [0.05, 0.1) is 5.92 Å². The molecule has 1 amide bonds. The van der Waals surface area contributed by atoms with Crippen LogP contribution in [0.1, 0.15) is 42.6 Å². The molecule has 3 atom stereocenters. The van der Waals surface area contributed by atoms with Gasteiger partial charge < -0.3 is 10.4 Å². The fraction of sp³-hybridized carbons (Fsp3) is 0.276. The van der Waals surface area contributed by atoms with Gasteiger partial charge in [-0.25, -0.2) is 4.39 Å². The molecule has 5 nitrogen and oxygen atoms in total. The fourth-order valence-corrected chi connectivity index (χ4v) is 4.02. The Bertz CT molecular complexity index is 1140. The van der Waals surface area contributed by atoms with E-state index in [4.69, 9.17) is 0 Å². The molecule has 0 fully saturated rings. The summed E-state index contributed by atoms with van der Waals surface area (Å²) in [4.78, 5) is 37.5. The fourth-order valence-electron chi connectivity index (χ4n) is 4.02. The molecule has 0 aliphatic rings. The van der Waals surface area contributed by atoms with Crippen molar-refractivity contribution >= 4 is 17.7 Å². The van der Waals surface area contributed by atoms with Crippen LogP contribution >= 0.6 is 0 Å². The van der Waals surface area contributed by atoms with Gasteiger partial charge in [0.2, 0.25) is 5.91 Å². The number of carboxylic acids is 1. The number of aliphatic carboxylic acids is 1. The number of halogens is 1. The van der Waals surface area contributed by atoms with Gasteiger partial charge in [-0.15, -0.1) is 0 Å². The maximum absolute atomic E-state index is 13.1. The molecular weight excluding hydrogens is 445 g/mol. The minimum absolute atomic E-state index is 0.0538. The van der Waals surface area contributed by atoms with Gasteiger partial charge in [0.1, 0.15) is 5.82 Å². The van der Waals surface area contributed by atoms with Crippen LogP contribution in [-0.2, 0) is 16.0 Å². The largest absolute Gasteiger partial charge is 0.481 e. The molecule has 1 unspecified atom stereocenters. The summed E-state index contributed by atoms with van der Waals surface area (Å²) in [5.74, 6) is -3.47. The van der Waals surface area contributed by atoms with Crippen LogP contribution in [0.2, 0.25) is 0 Å². The summed E-state index contributed by atoms with van der Waals surface area (Å²) in [6, 6.07) is 22.8. The first-order chi connectivity index (χ1) is 16.7. The number of hydrogen-bond donors (Lipinski definition) is 2. The zero-order valence-corrected chi connectivity index (χ0v) is 19.9. The van der Waals surface area contributed by atoms with E-state index in [1.165, 1.54) is 19.1 Å². The van der Waals surface area contributed by atoms with Crippen molar-refractivity contribution < 1.29 is 23.9 Å². The van der Waals surface area contributed by atoms with Crippen molar-refractivity contribution in [2.75, 3.05) is 0 Å². The minimum atomic E-state index is -1.01. The Morgan fingerprint density at radius 1 is 0.857 bits per heavy atom. The standard InChI is InChI=1S/C29H30FNO4/c1-19(29(34)35)16-25(28(33)31-20(2)17-21-8-14-26(30)15-9-21)18-27(32)24-12-10-23(11-13-24)22-6-4-3-5-7-22/h3-15,19-20,25H,16-18H2,1-2H3,(H,31,33)(H,34,35)/t19-,20?,25+/m0/s1. The van der Waals surface area contributed by atoms with Gasteiger partial charge in [0.25, 0.3) is 0 Å². The molecule has 0 aliphatic carbocycles. The first-order valence-corrected chi connectivity index (χ1v) is 11.7. The van der Waals surface area contributed by atoms with Gasteiger partial charge in [0.15, 0.2) is 5.78 Å². The molecule has 3 aromatic carbocycles. The number of carbonyl (C=O) groups is 3. The van der Waals surface area contributed by atoms with Gasteiger partial charge in [-0.05, 0) is 48.6 Å². The van der Waals surface area contributed by atoms with Crippen LogP contribution in [0.3, 0.4) is 0 Å². The van der Waals surface area contributed by atoms with Crippen LogP contribution < -0.4 is 5.32 Å². The summed E-state index contributed by atoms with van der Waals surface area (Å²) in [5, 5.41) is 12.3. The second-order valence-electron chi connectivity index (χ2n) is 8.98. The summed E-state index contributed by atoms with van der Waals surface area (Å²) < 4.78 is 13.1. The predicted molar refractivity (Wildman–Crippen MR) is 133 cm³/mol. The normalized spacial score (nSPS) is 13.5. The Labute approximate surface area is 205 Å². The first-order valence-electron chi connectivity index (χ1n) is 11.7. The van der Waals surface area contributed by atoms with Crippen LogP contribution in [-0.4, -0.2) is 28.8 Å². The molecule has 0 spiro atoms. The van der Waals surface area contributed by atoms with Crippen molar-refractivity contribution in [1.82, 2.24) is 5.32 Å². The molecule has 2 N–H and O–H groups in total. The second kappa shape index (κ2) is 12.1. The van der Waals surface area contributed by atoms with Crippen molar-refractivity contribution in [3.05, 3.63) is 95.8 Å². The lowest BCUT2D eigenvalue weighted by Gasteiger charge is -2.21. The molecule has 6 heteroatoms. The van der Waals surface area contributed by atoms with Crippen LogP contribution in [0.15, 0.2) is 78.9 Å². The third kappa shape index (κ3) is 7.60. The molecule has 0 bridgehead atoms. The van der Waals surface area contributed by atoms with Crippen molar-refractivity contribution in [3.8, 4) is 11.1 Å². The number of rotatable bonds is 11. The molecule has 0 heterocycles. The monoisotopic (exact) mass is 475 g/mol. The molecule has 0 aliphatic heterocycles. The minimum Gasteiger partial charge on any atom is -0.481 e. The van der Waals surface area contributed by atoms with Crippen LogP contribution in [0.4, 0.5) is 4.39 Å². The topological polar surface area (TPSA) is 83.5 Å². The zero-order valence-electron chi connectivity index (χ0n) is 19.9. The van der Waals surface area contributed by atoms with Crippen LogP contribution in [0.25, 0.3) is 11.1 Å². The average molecular weight is 476 g/mol. The molecule has 0 saturated heterocycles. The molecule has 182 valence electrons. The van der Waals surface area contributed by atoms with E-state index in [0.717, 1.165) is 16.7 Å². The Morgan fingerprint density at radius 2 is 1.46 bits per heavy atom. The van der Waals surface area contributed by atoms with Crippen LogP contribution in [0.5, 0.6) is 0 Å². The SMILES string of the molecule is CC(Cc1ccc(F)cc1)NC(=O)[C@@H](CC(=O)c1ccc(-c2ccccc2)cc1)C[C@H](C)C(=O)O. The zero-order chi connectivity index (χ0) is 25.4. The summed E-state index contributed by atoms with van der Waals surface area (Å²) in [7, 11) is 0. The summed E-state index contributed by atoms with van der Waals surface area (Å²) in [5.41, 5.74) is 3.36. The molecule has 0 saturated carbocycles. The first kappa shape index (κ1) is 25.8. The number of carboxylic acid groups (broad SMARTS) is 1. The van der Waals surface area contributed by atoms with E-state index in [1.807, 2.05) is 49.4 Å². The maximum atomic E-state index is 13.1. The Hall–Kier alpha value is -3.80. The molecule has 3 rings (SSSR count). The Balaban J connectivity index is 1.68. The van der Waals surface area contributed by atoms with Crippen molar-refractivity contribution in [2.24, 2.45) is 11.8 Å². The smallest absolute Gasteiger partial charge is 0.306 e. The van der Waals surface area contributed by atoms with Crippen LogP contribution in [0, 0.1) is 17.7 Å². The van der Waals surface area contributed by atoms with Crippen molar-refractivity contribution in [3.63, 3.8) is 0 Å². The second-order valence-corrected chi connectivity index (χ2v) is 8.98. The van der Waals surface area contributed by atoms with Gasteiger partial charge in [-0.2, -0.15) is 0 Å². The summed E-state index contributed by atoms with van der Waals surface area (Å²) >= 11 is 0.